The molecule has 0 aromatic carbocycles. The highest BCUT2D eigenvalue weighted by molar-refractivity contribution is 6.33. The molecule has 1 amide bonds. The van der Waals surface area contributed by atoms with E-state index in [1.807, 2.05) is 18.7 Å². The van der Waals surface area contributed by atoms with Crippen molar-refractivity contribution < 1.29 is 4.79 Å². The first-order valence-corrected chi connectivity index (χ1v) is 7.31. The van der Waals surface area contributed by atoms with Crippen molar-refractivity contribution in [1.82, 2.24) is 20.4 Å². The van der Waals surface area contributed by atoms with Crippen LogP contribution >= 0.6 is 11.6 Å². The van der Waals surface area contributed by atoms with Crippen LogP contribution in [0.15, 0.2) is 11.0 Å². The van der Waals surface area contributed by atoms with Gasteiger partial charge >= 0.3 is 0 Å². The summed E-state index contributed by atoms with van der Waals surface area (Å²) < 4.78 is 1.34. The standard InChI is InChI=1S/C13H20ClN5O2/c1-8(2)19-13(21)11(14)9(7-17-19)18-5-4-16-6-10(18)12(20)15-3/h7-8,10,16H,4-6H2,1-3H3,(H,15,20). The van der Waals surface area contributed by atoms with Gasteiger partial charge in [0, 0.05) is 26.7 Å². The molecule has 0 saturated carbocycles. The van der Waals surface area contributed by atoms with Crippen LogP contribution in [0.3, 0.4) is 0 Å². The van der Waals surface area contributed by atoms with Crippen molar-refractivity contribution >= 4 is 23.2 Å². The van der Waals surface area contributed by atoms with Gasteiger partial charge in [-0.25, -0.2) is 4.68 Å². The monoisotopic (exact) mass is 313 g/mol. The number of anilines is 1. The fraction of sp³-hybridized carbons (Fsp3) is 0.615. The SMILES string of the molecule is CNC(=O)C1CNCCN1c1cnn(C(C)C)c(=O)c1Cl. The summed E-state index contributed by atoms with van der Waals surface area (Å²) in [6.07, 6.45) is 1.56. The predicted octanol–water partition coefficient (Wildman–Crippen LogP) is 0.00180. The number of likely N-dealkylation sites (N-methyl/N-ethyl adjacent to an activating group) is 1. The van der Waals surface area contributed by atoms with Crippen LogP contribution in [-0.2, 0) is 4.79 Å². The highest BCUT2D eigenvalue weighted by Gasteiger charge is 2.30. The third-order valence-corrected chi connectivity index (χ3v) is 3.87. The molecule has 116 valence electrons. The Bertz CT molecular complexity index is 586. The fourth-order valence-electron chi connectivity index (χ4n) is 2.40. The van der Waals surface area contributed by atoms with Gasteiger partial charge in [0.15, 0.2) is 0 Å². The van der Waals surface area contributed by atoms with E-state index in [-0.39, 0.29) is 22.5 Å². The first-order valence-electron chi connectivity index (χ1n) is 6.93. The topological polar surface area (TPSA) is 79.3 Å². The highest BCUT2D eigenvalue weighted by atomic mass is 35.5. The first-order chi connectivity index (χ1) is 9.97. The van der Waals surface area contributed by atoms with Crippen LogP contribution in [0.2, 0.25) is 5.02 Å². The van der Waals surface area contributed by atoms with Crippen LogP contribution in [-0.4, -0.2) is 48.4 Å². The number of aromatic nitrogens is 2. The Labute approximate surface area is 128 Å². The van der Waals surface area contributed by atoms with Gasteiger partial charge < -0.3 is 15.5 Å². The molecular formula is C13H20ClN5O2. The Hall–Kier alpha value is -1.60. The van der Waals surface area contributed by atoms with E-state index in [2.05, 4.69) is 15.7 Å². The van der Waals surface area contributed by atoms with Crippen LogP contribution < -0.4 is 21.1 Å². The molecule has 7 nitrogen and oxygen atoms in total. The molecule has 1 atom stereocenters. The van der Waals surface area contributed by atoms with Crippen molar-refractivity contribution in [3.8, 4) is 0 Å². The van der Waals surface area contributed by atoms with E-state index in [9.17, 15) is 9.59 Å². The molecule has 8 heteroatoms. The van der Waals surface area contributed by atoms with E-state index in [4.69, 9.17) is 11.6 Å². The predicted molar refractivity (Wildman–Crippen MR) is 82.0 cm³/mol. The lowest BCUT2D eigenvalue weighted by atomic mass is 10.1. The third-order valence-electron chi connectivity index (χ3n) is 3.52. The summed E-state index contributed by atoms with van der Waals surface area (Å²) in [5, 5.41) is 10.1. The summed E-state index contributed by atoms with van der Waals surface area (Å²) in [4.78, 5) is 26.1. The summed E-state index contributed by atoms with van der Waals surface area (Å²) in [7, 11) is 1.59. The molecule has 1 aromatic rings. The normalized spacial score (nSPS) is 18.9. The largest absolute Gasteiger partial charge is 0.357 e. The quantitative estimate of drug-likeness (QED) is 0.821. The van der Waals surface area contributed by atoms with Crippen LogP contribution in [0, 0.1) is 0 Å². The number of rotatable bonds is 3. The maximum absolute atomic E-state index is 12.2. The van der Waals surface area contributed by atoms with E-state index < -0.39 is 6.04 Å². The molecule has 0 radical (unpaired) electrons. The molecule has 1 aliphatic heterocycles. The summed E-state index contributed by atoms with van der Waals surface area (Å²) in [6.45, 7) is 5.54. The van der Waals surface area contributed by atoms with E-state index in [1.165, 1.54) is 4.68 Å². The maximum Gasteiger partial charge on any atom is 0.287 e. The van der Waals surface area contributed by atoms with Crippen LogP contribution in [0.5, 0.6) is 0 Å². The molecule has 2 N–H and O–H groups in total. The second kappa shape index (κ2) is 6.44. The third kappa shape index (κ3) is 3.03. The van der Waals surface area contributed by atoms with E-state index >= 15 is 0 Å². The Kier molecular flexibility index (Phi) is 4.84. The minimum Gasteiger partial charge on any atom is -0.357 e. The van der Waals surface area contributed by atoms with Crippen molar-refractivity contribution in [2.45, 2.75) is 25.9 Å². The Balaban J connectivity index is 2.42. The van der Waals surface area contributed by atoms with Gasteiger partial charge in [-0.2, -0.15) is 5.10 Å². The molecule has 2 heterocycles. The molecule has 2 rings (SSSR count). The number of nitrogens with one attached hydrogen (secondary N) is 2. The number of piperazine rings is 1. The Morgan fingerprint density at radius 1 is 1.57 bits per heavy atom. The summed E-state index contributed by atoms with van der Waals surface area (Å²) in [5.74, 6) is -0.119. The van der Waals surface area contributed by atoms with Gasteiger partial charge in [0.2, 0.25) is 5.91 Å². The zero-order valence-electron chi connectivity index (χ0n) is 12.4. The molecule has 1 aromatic heterocycles. The fourth-order valence-corrected chi connectivity index (χ4v) is 2.64. The number of halogens is 1. The summed E-state index contributed by atoms with van der Waals surface area (Å²) in [6, 6.07) is -0.473. The molecule has 1 unspecified atom stereocenters. The molecule has 1 fully saturated rings. The van der Waals surface area contributed by atoms with Crippen molar-refractivity contribution in [3.63, 3.8) is 0 Å². The second-order valence-electron chi connectivity index (χ2n) is 5.21. The summed E-state index contributed by atoms with van der Waals surface area (Å²) in [5.41, 5.74) is 0.173. The number of carbonyl (C=O) groups excluding carboxylic acids is 1. The Morgan fingerprint density at radius 3 is 2.90 bits per heavy atom. The molecule has 0 spiro atoms. The zero-order valence-corrected chi connectivity index (χ0v) is 13.1. The van der Waals surface area contributed by atoms with Gasteiger partial charge in [-0.05, 0) is 13.8 Å². The number of nitrogens with zero attached hydrogens (tertiary/aromatic N) is 3. The maximum atomic E-state index is 12.2. The van der Waals surface area contributed by atoms with Crippen molar-refractivity contribution in [3.05, 3.63) is 21.6 Å². The molecular weight excluding hydrogens is 294 g/mol. The van der Waals surface area contributed by atoms with Gasteiger partial charge in [-0.15, -0.1) is 0 Å². The van der Waals surface area contributed by atoms with E-state index in [0.717, 1.165) is 6.54 Å². The van der Waals surface area contributed by atoms with Crippen molar-refractivity contribution in [1.29, 1.82) is 0 Å². The van der Waals surface area contributed by atoms with Crippen LogP contribution in [0.4, 0.5) is 5.69 Å². The minimum absolute atomic E-state index is 0.0678. The molecule has 1 saturated heterocycles. The lowest BCUT2D eigenvalue weighted by Crippen LogP contribution is -2.58. The van der Waals surface area contributed by atoms with E-state index in [1.54, 1.807) is 13.2 Å². The van der Waals surface area contributed by atoms with E-state index in [0.29, 0.717) is 18.8 Å². The number of carbonyl (C=O) groups is 1. The van der Waals surface area contributed by atoms with Crippen LogP contribution in [0.25, 0.3) is 0 Å². The molecule has 21 heavy (non-hydrogen) atoms. The molecule has 0 aliphatic carbocycles. The van der Waals surface area contributed by atoms with Crippen molar-refractivity contribution in [2.75, 3.05) is 31.6 Å². The van der Waals surface area contributed by atoms with Gasteiger partial charge in [-0.1, -0.05) is 11.6 Å². The minimum atomic E-state index is -0.405. The number of amides is 1. The average molecular weight is 314 g/mol. The number of hydrogen-bond donors (Lipinski definition) is 2. The van der Waals surface area contributed by atoms with Gasteiger partial charge in [0.25, 0.3) is 5.56 Å². The number of hydrogen-bond acceptors (Lipinski definition) is 5. The second-order valence-corrected chi connectivity index (χ2v) is 5.59. The van der Waals surface area contributed by atoms with Gasteiger partial charge in [-0.3, -0.25) is 9.59 Å². The van der Waals surface area contributed by atoms with Gasteiger partial charge in [0.05, 0.1) is 17.9 Å². The van der Waals surface area contributed by atoms with Crippen LogP contribution in [0.1, 0.15) is 19.9 Å². The Morgan fingerprint density at radius 2 is 2.29 bits per heavy atom. The average Bonchev–Trinajstić information content (AvgIpc) is 2.49. The van der Waals surface area contributed by atoms with Crippen molar-refractivity contribution in [2.24, 2.45) is 0 Å². The molecule has 1 aliphatic rings. The first kappa shape index (κ1) is 15.8. The molecule has 0 bridgehead atoms. The smallest absolute Gasteiger partial charge is 0.287 e. The highest BCUT2D eigenvalue weighted by Crippen LogP contribution is 2.24. The van der Waals surface area contributed by atoms with Gasteiger partial charge in [0.1, 0.15) is 11.1 Å². The lowest BCUT2D eigenvalue weighted by molar-refractivity contribution is -0.122. The zero-order chi connectivity index (χ0) is 15.6. The summed E-state index contributed by atoms with van der Waals surface area (Å²) >= 11 is 6.22. The lowest BCUT2D eigenvalue weighted by Gasteiger charge is -2.36.